The molecule has 0 bridgehead atoms. The Morgan fingerprint density at radius 2 is 1.40 bits per heavy atom. The van der Waals surface area contributed by atoms with E-state index in [1.165, 1.54) is 0 Å². The number of carboxylic acid groups (broad SMARTS) is 1. The minimum absolute atomic E-state index is 0.143. The van der Waals surface area contributed by atoms with Gasteiger partial charge in [0.2, 0.25) is 11.8 Å². The van der Waals surface area contributed by atoms with E-state index in [0.717, 1.165) is 12.0 Å². The van der Waals surface area contributed by atoms with E-state index in [2.05, 4.69) is 10.6 Å². The molecule has 1 aromatic carbocycles. The van der Waals surface area contributed by atoms with Crippen molar-refractivity contribution >= 4 is 17.8 Å². The van der Waals surface area contributed by atoms with Crippen LogP contribution < -0.4 is 27.8 Å². The van der Waals surface area contributed by atoms with Crippen LogP contribution in [0.5, 0.6) is 0 Å². The second-order valence-electron chi connectivity index (χ2n) is 7.33. The lowest BCUT2D eigenvalue weighted by molar-refractivity contribution is -0.142. The number of hydrogen-bond acceptors (Lipinski definition) is 6. The van der Waals surface area contributed by atoms with Crippen molar-refractivity contribution in [1.82, 2.24) is 10.6 Å². The van der Waals surface area contributed by atoms with E-state index in [1.54, 1.807) is 24.3 Å². The van der Waals surface area contributed by atoms with E-state index in [9.17, 15) is 19.5 Å². The number of nitrogens with two attached hydrogens (primary N) is 3. The molecule has 0 aliphatic rings. The van der Waals surface area contributed by atoms with Crippen LogP contribution in [0.4, 0.5) is 0 Å². The summed E-state index contributed by atoms with van der Waals surface area (Å²) in [5.41, 5.74) is 17.7. The first-order valence-electron chi connectivity index (χ1n) is 10.4. The maximum Gasteiger partial charge on any atom is 0.326 e. The van der Waals surface area contributed by atoms with E-state index in [1.807, 2.05) is 6.07 Å². The summed E-state index contributed by atoms with van der Waals surface area (Å²) in [6, 6.07) is 6.30. The summed E-state index contributed by atoms with van der Waals surface area (Å²) in [5.74, 6) is -2.12. The molecule has 0 saturated heterocycles. The van der Waals surface area contributed by atoms with Crippen molar-refractivity contribution in [3.8, 4) is 0 Å². The highest BCUT2D eigenvalue weighted by Crippen LogP contribution is 2.07. The van der Waals surface area contributed by atoms with Crippen LogP contribution in [0.3, 0.4) is 0 Å². The zero-order valence-corrected chi connectivity index (χ0v) is 17.4. The molecule has 2 amide bonds. The molecule has 1 aromatic rings. The van der Waals surface area contributed by atoms with Crippen molar-refractivity contribution in [1.29, 1.82) is 0 Å². The molecule has 0 spiro atoms. The van der Waals surface area contributed by atoms with Gasteiger partial charge in [-0.25, -0.2) is 4.79 Å². The molecule has 9 heteroatoms. The molecule has 30 heavy (non-hydrogen) atoms. The maximum absolute atomic E-state index is 12.8. The summed E-state index contributed by atoms with van der Waals surface area (Å²) in [6.07, 6.45) is 3.74. The summed E-state index contributed by atoms with van der Waals surface area (Å²) >= 11 is 0. The van der Waals surface area contributed by atoms with Crippen LogP contribution in [0.25, 0.3) is 0 Å². The second kappa shape index (κ2) is 14.5. The number of aliphatic carboxylic acids is 1. The summed E-state index contributed by atoms with van der Waals surface area (Å²) in [7, 11) is 0. The van der Waals surface area contributed by atoms with Crippen LogP contribution in [-0.2, 0) is 20.8 Å². The predicted octanol–water partition coefficient (Wildman–Crippen LogP) is -0.131. The van der Waals surface area contributed by atoms with Gasteiger partial charge in [0, 0.05) is 6.42 Å². The largest absolute Gasteiger partial charge is 0.480 e. The fourth-order valence-corrected chi connectivity index (χ4v) is 3.00. The Labute approximate surface area is 177 Å². The van der Waals surface area contributed by atoms with Crippen molar-refractivity contribution in [3.63, 3.8) is 0 Å². The fraction of sp³-hybridized carbons (Fsp3) is 0.571. The Balaban J connectivity index is 2.77. The zero-order valence-electron chi connectivity index (χ0n) is 17.4. The topological polar surface area (TPSA) is 174 Å². The number of carboxylic acids is 1. The molecule has 0 radical (unpaired) electrons. The Morgan fingerprint density at radius 1 is 0.833 bits per heavy atom. The molecule has 1 rings (SSSR count). The average molecular weight is 422 g/mol. The highest BCUT2D eigenvalue weighted by molar-refractivity contribution is 5.91. The van der Waals surface area contributed by atoms with Gasteiger partial charge in [-0.05, 0) is 50.8 Å². The number of amides is 2. The standard InChI is InChI=1S/C21H35N5O4/c22-12-6-4-10-16(24)19(27)25-17(11-5-7-13-23)20(28)26-18(21(29)30)14-15-8-2-1-3-9-15/h1-3,8-9,16-18H,4-7,10-14,22-24H2,(H,25,27)(H,26,28)(H,29,30). The molecule has 0 aliphatic carbocycles. The molecule has 9 N–H and O–H groups in total. The number of nitrogens with one attached hydrogen (secondary N) is 2. The first kappa shape index (κ1) is 25.5. The number of rotatable bonds is 15. The second-order valence-corrected chi connectivity index (χ2v) is 7.33. The molecule has 3 atom stereocenters. The Morgan fingerprint density at radius 3 is 1.97 bits per heavy atom. The normalized spacial score (nSPS) is 13.8. The minimum Gasteiger partial charge on any atom is -0.480 e. The highest BCUT2D eigenvalue weighted by atomic mass is 16.4. The van der Waals surface area contributed by atoms with Crippen molar-refractivity contribution in [3.05, 3.63) is 35.9 Å². The zero-order chi connectivity index (χ0) is 22.4. The molecule has 168 valence electrons. The SMILES string of the molecule is NCCCCC(N)C(=O)NC(CCCCN)C(=O)NC(Cc1ccccc1)C(=O)O. The van der Waals surface area contributed by atoms with E-state index in [4.69, 9.17) is 17.2 Å². The third-order valence-electron chi connectivity index (χ3n) is 4.78. The van der Waals surface area contributed by atoms with E-state index >= 15 is 0 Å². The molecular weight excluding hydrogens is 386 g/mol. The Hall–Kier alpha value is -2.49. The van der Waals surface area contributed by atoms with Gasteiger partial charge in [0.15, 0.2) is 0 Å². The third-order valence-corrected chi connectivity index (χ3v) is 4.78. The summed E-state index contributed by atoms with van der Waals surface area (Å²) in [5, 5.41) is 14.7. The number of benzene rings is 1. The average Bonchev–Trinajstić information content (AvgIpc) is 2.73. The van der Waals surface area contributed by atoms with Gasteiger partial charge in [0.1, 0.15) is 12.1 Å². The van der Waals surface area contributed by atoms with E-state index in [-0.39, 0.29) is 6.42 Å². The summed E-state index contributed by atoms with van der Waals surface area (Å²) in [6.45, 7) is 0.989. The van der Waals surface area contributed by atoms with Gasteiger partial charge in [-0.1, -0.05) is 36.8 Å². The predicted molar refractivity (Wildman–Crippen MR) is 115 cm³/mol. The molecule has 0 saturated carbocycles. The van der Waals surface area contributed by atoms with Crippen molar-refractivity contribution in [2.75, 3.05) is 13.1 Å². The van der Waals surface area contributed by atoms with Gasteiger partial charge in [0.05, 0.1) is 6.04 Å². The van der Waals surface area contributed by atoms with Crippen LogP contribution in [0, 0.1) is 0 Å². The van der Waals surface area contributed by atoms with Gasteiger partial charge in [-0.15, -0.1) is 0 Å². The molecular formula is C21H35N5O4. The van der Waals surface area contributed by atoms with Crippen molar-refractivity contribution < 1.29 is 19.5 Å². The van der Waals surface area contributed by atoms with Crippen molar-refractivity contribution in [2.24, 2.45) is 17.2 Å². The highest BCUT2D eigenvalue weighted by Gasteiger charge is 2.27. The first-order valence-corrected chi connectivity index (χ1v) is 10.4. The minimum atomic E-state index is -1.14. The van der Waals surface area contributed by atoms with Crippen LogP contribution in [0.1, 0.15) is 44.1 Å². The van der Waals surface area contributed by atoms with E-state index in [0.29, 0.717) is 45.2 Å². The fourth-order valence-electron chi connectivity index (χ4n) is 3.00. The quantitative estimate of drug-likeness (QED) is 0.214. The summed E-state index contributed by atoms with van der Waals surface area (Å²) in [4.78, 5) is 36.8. The Bertz CT molecular complexity index is 656. The van der Waals surface area contributed by atoms with E-state index < -0.39 is 35.9 Å². The lowest BCUT2D eigenvalue weighted by Crippen LogP contribution is -2.54. The monoisotopic (exact) mass is 421 g/mol. The van der Waals surface area contributed by atoms with Gasteiger partial charge in [0.25, 0.3) is 0 Å². The number of unbranched alkanes of at least 4 members (excludes halogenated alkanes) is 2. The van der Waals surface area contributed by atoms with Crippen LogP contribution >= 0.6 is 0 Å². The lowest BCUT2D eigenvalue weighted by Gasteiger charge is -2.23. The maximum atomic E-state index is 12.8. The smallest absolute Gasteiger partial charge is 0.326 e. The molecule has 0 aromatic heterocycles. The van der Waals surface area contributed by atoms with Gasteiger partial charge >= 0.3 is 5.97 Å². The molecule has 0 heterocycles. The lowest BCUT2D eigenvalue weighted by atomic mass is 10.0. The van der Waals surface area contributed by atoms with Crippen molar-refractivity contribution in [2.45, 2.75) is 63.1 Å². The molecule has 0 fully saturated rings. The number of carbonyl (C=O) groups excluding carboxylic acids is 2. The van der Waals surface area contributed by atoms with Gasteiger partial charge < -0.3 is 32.9 Å². The Kier molecular flexibility index (Phi) is 12.3. The molecule has 3 unspecified atom stereocenters. The number of carbonyl (C=O) groups is 3. The van der Waals surface area contributed by atoms with Gasteiger partial charge in [-0.3, -0.25) is 9.59 Å². The summed E-state index contributed by atoms with van der Waals surface area (Å²) < 4.78 is 0. The van der Waals surface area contributed by atoms with Crippen LogP contribution in [0.2, 0.25) is 0 Å². The van der Waals surface area contributed by atoms with Crippen LogP contribution in [0.15, 0.2) is 30.3 Å². The van der Waals surface area contributed by atoms with Gasteiger partial charge in [-0.2, -0.15) is 0 Å². The third kappa shape index (κ3) is 9.82. The first-order chi connectivity index (χ1) is 14.4. The van der Waals surface area contributed by atoms with Crippen LogP contribution in [-0.4, -0.2) is 54.1 Å². The molecule has 0 aliphatic heterocycles. The molecule has 9 nitrogen and oxygen atoms in total. The number of hydrogen-bond donors (Lipinski definition) is 6.